The molecule has 3 aromatic carbocycles. The number of methoxy groups -OCH3 is 1. The van der Waals surface area contributed by atoms with Crippen LogP contribution in [0.4, 0.5) is 11.4 Å². The van der Waals surface area contributed by atoms with Crippen LogP contribution in [-0.2, 0) is 20.0 Å². The summed E-state index contributed by atoms with van der Waals surface area (Å²) in [6.45, 7) is 0. The van der Waals surface area contributed by atoms with E-state index in [-0.39, 0.29) is 15.5 Å². The van der Waals surface area contributed by atoms with Crippen molar-refractivity contribution in [1.82, 2.24) is 4.98 Å². The number of hydrogen-bond donors (Lipinski definition) is 2. The van der Waals surface area contributed by atoms with Gasteiger partial charge in [-0.25, -0.2) is 16.8 Å². The second-order valence-corrected chi connectivity index (χ2v) is 10.1. The summed E-state index contributed by atoms with van der Waals surface area (Å²) in [5.41, 5.74) is 0.861. The molecule has 0 radical (unpaired) electrons. The molecule has 1 heterocycles. The van der Waals surface area contributed by atoms with Crippen molar-refractivity contribution < 1.29 is 21.6 Å². The first-order valence-corrected chi connectivity index (χ1v) is 12.4. The number of pyridine rings is 1. The fraction of sp³-hybridized carbons (Fsp3) is 0.0455. The number of aromatic nitrogens is 1. The number of nitrogens with one attached hydrogen (secondary N) is 2. The number of nitrogens with zero attached hydrogens (tertiary/aromatic N) is 1. The van der Waals surface area contributed by atoms with Gasteiger partial charge in [0.1, 0.15) is 10.6 Å². The smallest absolute Gasteiger partial charge is 0.264 e. The molecular formula is C22H19N3O5S2. The number of para-hydroxylation sites is 3. The van der Waals surface area contributed by atoms with Gasteiger partial charge in [0.05, 0.1) is 23.2 Å². The van der Waals surface area contributed by atoms with Gasteiger partial charge in [0.25, 0.3) is 20.0 Å². The number of sulfonamides is 2. The van der Waals surface area contributed by atoms with E-state index >= 15 is 0 Å². The maximum absolute atomic E-state index is 12.9. The van der Waals surface area contributed by atoms with E-state index in [1.807, 2.05) is 0 Å². The monoisotopic (exact) mass is 469 g/mol. The molecule has 4 rings (SSSR count). The molecule has 1 aromatic heterocycles. The van der Waals surface area contributed by atoms with E-state index in [9.17, 15) is 16.8 Å². The third-order valence-electron chi connectivity index (χ3n) is 4.65. The van der Waals surface area contributed by atoms with E-state index in [1.165, 1.54) is 43.6 Å². The van der Waals surface area contributed by atoms with Gasteiger partial charge in [0.15, 0.2) is 0 Å². The highest BCUT2D eigenvalue weighted by atomic mass is 32.2. The molecule has 0 aliphatic rings. The van der Waals surface area contributed by atoms with Gasteiger partial charge < -0.3 is 4.74 Å². The van der Waals surface area contributed by atoms with Gasteiger partial charge in [-0.1, -0.05) is 30.3 Å². The second kappa shape index (κ2) is 8.48. The second-order valence-electron chi connectivity index (χ2n) is 6.77. The Kier molecular flexibility index (Phi) is 5.72. The van der Waals surface area contributed by atoms with Crippen LogP contribution in [0.5, 0.6) is 5.75 Å². The first-order valence-electron chi connectivity index (χ1n) is 9.43. The molecule has 0 bridgehead atoms. The lowest BCUT2D eigenvalue weighted by Crippen LogP contribution is -2.15. The van der Waals surface area contributed by atoms with Crippen LogP contribution in [0.25, 0.3) is 10.9 Å². The van der Waals surface area contributed by atoms with Crippen molar-refractivity contribution in [3.05, 3.63) is 85.1 Å². The molecule has 8 nitrogen and oxygen atoms in total. The van der Waals surface area contributed by atoms with Gasteiger partial charge in [0.2, 0.25) is 0 Å². The summed E-state index contributed by atoms with van der Waals surface area (Å²) in [4.78, 5) is 4.18. The summed E-state index contributed by atoms with van der Waals surface area (Å²) >= 11 is 0. The van der Waals surface area contributed by atoms with Crippen LogP contribution >= 0.6 is 0 Å². The number of anilines is 2. The third-order valence-corrected chi connectivity index (χ3v) is 7.45. The first kappa shape index (κ1) is 21.6. The molecule has 0 amide bonds. The highest BCUT2D eigenvalue weighted by Crippen LogP contribution is 2.27. The molecule has 0 saturated heterocycles. The normalized spacial score (nSPS) is 11.8. The van der Waals surface area contributed by atoms with Crippen molar-refractivity contribution >= 4 is 42.3 Å². The van der Waals surface area contributed by atoms with Crippen molar-refractivity contribution in [3.8, 4) is 5.75 Å². The Morgan fingerprint density at radius 2 is 1.47 bits per heavy atom. The molecule has 4 aromatic rings. The number of hydrogen-bond acceptors (Lipinski definition) is 6. The Labute approximate surface area is 186 Å². The van der Waals surface area contributed by atoms with Crippen molar-refractivity contribution in [3.63, 3.8) is 0 Å². The van der Waals surface area contributed by atoms with Crippen molar-refractivity contribution in [2.75, 3.05) is 16.6 Å². The topological polar surface area (TPSA) is 114 Å². The molecule has 32 heavy (non-hydrogen) atoms. The molecule has 0 aliphatic heterocycles. The van der Waals surface area contributed by atoms with Gasteiger partial charge in [-0.05, 0) is 48.5 Å². The van der Waals surface area contributed by atoms with Crippen LogP contribution in [0, 0.1) is 0 Å². The molecule has 0 aliphatic carbocycles. The number of fused-ring (bicyclic) bond motifs is 1. The lowest BCUT2D eigenvalue weighted by atomic mass is 10.2. The van der Waals surface area contributed by atoms with E-state index in [1.54, 1.807) is 48.5 Å². The first-order chi connectivity index (χ1) is 15.3. The minimum Gasteiger partial charge on any atom is -0.495 e. The maximum Gasteiger partial charge on any atom is 0.264 e. The quantitative estimate of drug-likeness (QED) is 0.425. The van der Waals surface area contributed by atoms with Crippen LogP contribution in [0.1, 0.15) is 0 Å². The highest BCUT2D eigenvalue weighted by Gasteiger charge is 2.20. The number of benzene rings is 3. The molecule has 0 spiro atoms. The Bertz CT molecular complexity index is 1480. The standard InChI is InChI=1S/C22H19N3O5S2/c1-30-20-9-3-2-8-19(20)25-31(26,27)18-13-11-17(12-14-18)24-32(28,29)21-10-4-6-16-7-5-15-23-22(16)21/h2-15,24-25H,1H3. The van der Waals surface area contributed by atoms with E-state index in [0.29, 0.717) is 22.3 Å². The largest absolute Gasteiger partial charge is 0.495 e. The predicted molar refractivity (Wildman–Crippen MR) is 123 cm³/mol. The molecule has 0 fully saturated rings. The zero-order valence-corrected chi connectivity index (χ0v) is 18.5. The van der Waals surface area contributed by atoms with Crippen LogP contribution in [-0.4, -0.2) is 28.9 Å². The Hall–Kier alpha value is -3.63. The Morgan fingerprint density at radius 3 is 2.22 bits per heavy atom. The summed E-state index contributed by atoms with van der Waals surface area (Å²) in [5.74, 6) is 0.379. The number of ether oxygens (including phenoxy) is 1. The fourth-order valence-corrected chi connectivity index (χ4v) is 5.45. The Morgan fingerprint density at radius 1 is 0.750 bits per heavy atom. The van der Waals surface area contributed by atoms with Crippen molar-refractivity contribution in [1.29, 1.82) is 0 Å². The molecule has 10 heteroatoms. The average molecular weight is 470 g/mol. The molecular weight excluding hydrogens is 450 g/mol. The molecule has 0 atom stereocenters. The van der Waals surface area contributed by atoms with Gasteiger partial charge in [-0.3, -0.25) is 14.4 Å². The minimum atomic E-state index is -3.94. The van der Waals surface area contributed by atoms with Crippen LogP contribution in [0.3, 0.4) is 0 Å². The van der Waals surface area contributed by atoms with Crippen LogP contribution in [0.15, 0.2) is 94.9 Å². The van der Waals surface area contributed by atoms with Crippen LogP contribution < -0.4 is 14.2 Å². The summed E-state index contributed by atoms with van der Waals surface area (Å²) in [5, 5.41) is 0.694. The zero-order valence-electron chi connectivity index (χ0n) is 16.9. The van der Waals surface area contributed by atoms with E-state index < -0.39 is 20.0 Å². The van der Waals surface area contributed by atoms with Gasteiger partial charge >= 0.3 is 0 Å². The minimum absolute atomic E-state index is 0.0295. The van der Waals surface area contributed by atoms with Crippen molar-refractivity contribution in [2.24, 2.45) is 0 Å². The van der Waals surface area contributed by atoms with Gasteiger partial charge in [-0.2, -0.15) is 0 Å². The van der Waals surface area contributed by atoms with Gasteiger partial charge in [0, 0.05) is 17.3 Å². The van der Waals surface area contributed by atoms with Gasteiger partial charge in [-0.15, -0.1) is 0 Å². The maximum atomic E-state index is 12.9. The summed E-state index contributed by atoms with van der Waals surface area (Å²) < 4.78 is 61.4. The summed E-state index contributed by atoms with van der Waals surface area (Å²) in [6.07, 6.45) is 1.52. The Balaban J connectivity index is 1.58. The predicted octanol–water partition coefficient (Wildman–Crippen LogP) is 3.85. The number of rotatable bonds is 7. The van der Waals surface area contributed by atoms with E-state index in [4.69, 9.17) is 4.74 Å². The summed E-state index contributed by atoms with van der Waals surface area (Å²) in [7, 11) is -6.40. The fourth-order valence-electron chi connectivity index (χ4n) is 3.14. The molecule has 2 N–H and O–H groups in total. The lowest BCUT2D eigenvalue weighted by molar-refractivity contribution is 0.417. The van der Waals surface area contributed by atoms with Crippen LogP contribution in [0.2, 0.25) is 0 Å². The zero-order chi connectivity index (χ0) is 22.8. The van der Waals surface area contributed by atoms with E-state index in [2.05, 4.69) is 14.4 Å². The molecule has 164 valence electrons. The average Bonchev–Trinajstić information content (AvgIpc) is 2.79. The third kappa shape index (κ3) is 4.36. The molecule has 0 unspecified atom stereocenters. The lowest BCUT2D eigenvalue weighted by Gasteiger charge is -2.13. The highest BCUT2D eigenvalue weighted by molar-refractivity contribution is 7.93. The summed E-state index contributed by atoms with van der Waals surface area (Å²) in [6, 6.07) is 20.4. The molecule has 0 saturated carbocycles. The SMILES string of the molecule is COc1ccccc1NS(=O)(=O)c1ccc(NS(=O)(=O)c2cccc3cccnc23)cc1. The van der Waals surface area contributed by atoms with Crippen molar-refractivity contribution in [2.45, 2.75) is 9.79 Å². The van der Waals surface area contributed by atoms with E-state index in [0.717, 1.165) is 0 Å².